The predicted molar refractivity (Wildman–Crippen MR) is 101 cm³/mol. The molecule has 0 amide bonds. The van der Waals surface area contributed by atoms with E-state index in [1.165, 1.54) is 11.1 Å². The number of benzene rings is 3. The lowest BCUT2D eigenvalue weighted by Crippen LogP contribution is -2.18. The van der Waals surface area contributed by atoms with Crippen LogP contribution in [0.25, 0.3) is 0 Å². The van der Waals surface area contributed by atoms with Crippen molar-refractivity contribution in [2.75, 3.05) is 5.01 Å². The summed E-state index contributed by atoms with van der Waals surface area (Å²) in [4.78, 5) is 0. The zero-order valence-electron chi connectivity index (χ0n) is 13.1. The molecule has 3 heteroatoms. The number of hydrogen-bond donors (Lipinski definition) is 0. The molecular weight excluding hydrogens is 316 g/mol. The van der Waals surface area contributed by atoms with Crippen molar-refractivity contribution in [2.45, 2.75) is 12.5 Å². The van der Waals surface area contributed by atoms with Gasteiger partial charge in [0.1, 0.15) is 0 Å². The first-order chi connectivity index (χ1) is 11.8. The van der Waals surface area contributed by atoms with Gasteiger partial charge in [-0.3, -0.25) is 5.01 Å². The largest absolute Gasteiger partial charge is 0.257 e. The van der Waals surface area contributed by atoms with E-state index in [2.05, 4.69) is 47.5 Å². The Balaban J connectivity index is 1.76. The topological polar surface area (TPSA) is 15.6 Å². The van der Waals surface area contributed by atoms with Crippen molar-refractivity contribution < 1.29 is 0 Å². The van der Waals surface area contributed by atoms with Gasteiger partial charge in [-0.15, -0.1) is 0 Å². The lowest BCUT2D eigenvalue weighted by molar-refractivity contribution is 0.709. The summed E-state index contributed by atoms with van der Waals surface area (Å²) in [5, 5.41) is 7.79. The Bertz CT molecular complexity index is 859. The number of nitrogens with zero attached hydrogens (tertiary/aromatic N) is 2. The normalized spacial score (nSPS) is 17.0. The standard InChI is InChI=1S/C21H17ClN2/c22-18-11-7-10-17(14-18)21-15-20(16-8-3-1-4-9-16)23-24(21)19-12-5-2-6-13-19/h1-14,21H,15H2/t21-/m0/s1. The quantitative estimate of drug-likeness (QED) is 0.601. The van der Waals surface area contributed by atoms with Gasteiger partial charge >= 0.3 is 0 Å². The summed E-state index contributed by atoms with van der Waals surface area (Å²) in [5.41, 5.74) is 4.54. The summed E-state index contributed by atoms with van der Waals surface area (Å²) in [5.74, 6) is 0. The van der Waals surface area contributed by atoms with Crippen LogP contribution in [-0.2, 0) is 0 Å². The fraction of sp³-hybridized carbons (Fsp3) is 0.0952. The lowest BCUT2D eigenvalue weighted by atomic mass is 9.98. The molecule has 1 aliphatic heterocycles. The van der Waals surface area contributed by atoms with E-state index in [-0.39, 0.29) is 6.04 Å². The number of hydrogen-bond acceptors (Lipinski definition) is 2. The first-order valence-corrected chi connectivity index (χ1v) is 8.42. The third-order valence-corrected chi connectivity index (χ3v) is 4.51. The minimum Gasteiger partial charge on any atom is -0.257 e. The molecule has 1 atom stereocenters. The van der Waals surface area contributed by atoms with E-state index < -0.39 is 0 Å². The van der Waals surface area contributed by atoms with Gasteiger partial charge in [-0.05, 0) is 35.4 Å². The SMILES string of the molecule is Clc1cccc([C@@H]2CC(c3ccccc3)=NN2c2ccccc2)c1. The molecule has 0 bridgehead atoms. The van der Waals surface area contributed by atoms with Gasteiger partial charge in [0.2, 0.25) is 0 Å². The van der Waals surface area contributed by atoms with Gasteiger partial charge in [0, 0.05) is 11.4 Å². The highest BCUT2D eigenvalue weighted by Gasteiger charge is 2.29. The fourth-order valence-electron chi connectivity index (χ4n) is 3.11. The Labute approximate surface area is 147 Å². The molecule has 0 unspecified atom stereocenters. The maximum Gasteiger partial charge on any atom is 0.0832 e. The molecule has 0 aromatic heterocycles. The van der Waals surface area contributed by atoms with Crippen molar-refractivity contribution in [3.05, 3.63) is 101 Å². The van der Waals surface area contributed by atoms with E-state index in [0.29, 0.717) is 0 Å². The molecule has 2 nitrogen and oxygen atoms in total. The molecule has 0 saturated carbocycles. The number of para-hydroxylation sites is 1. The van der Waals surface area contributed by atoms with Crippen LogP contribution < -0.4 is 5.01 Å². The number of hydrazone groups is 1. The molecule has 3 aromatic carbocycles. The highest BCUT2D eigenvalue weighted by atomic mass is 35.5. The molecule has 0 N–H and O–H groups in total. The first kappa shape index (κ1) is 15.0. The van der Waals surface area contributed by atoms with E-state index in [1.54, 1.807) is 0 Å². The number of rotatable bonds is 3. The smallest absolute Gasteiger partial charge is 0.0832 e. The van der Waals surface area contributed by atoms with Crippen LogP contribution in [0.5, 0.6) is 0 Å². The Kier molecular flexibility index (Phi) is 4.06. The van der Waals surface area contributed by atoms with E-state index in [0.717, 1.165) is 22.8 Å². The third-order valence-electron chi connectivity index (χ3n) is 4.27. The second-order valence-electron chi connectivity index (χ2n) is 5.87. The van der Waals surface area contributed by atoms with Gasteiger partial charge < -0.3 is 0 Å². The fourth-order valence-corrected chi connectivity index (χ4v) is 3.31. The Hall–Kier alpha value is -2.58. The van der Waals surface area contributed by atoms with Gasteiger partial charge in [-0.1, -0.05) is 72.3 Å². The minimum atomic E-state index is 0.154. The maximum absolute atomic E-state index is 6.21. The van der Waals surface area contributed by atoms with Gasteiger partial charge in [-0.25, -0.2) is 0 Å². The molecular formula is C21H17ClN2. The van der Waals surface area contributed by atoms with Crippen molar-refractivity contribution in [3.63, 3.8) is 0 Å². The van der Waals surface area contributed by atoms with Crippen LogP contribution in [0, 0.1) is 0 Å². The first-order valence-electron chi connectivity index (χ1n) is 8.04. The van der Waals surface area contributed by atoms with Crippen molar-refractivity contribution in [3.8, 4) is 0 Å². The van der Waals surface area contributed by atoms with Crippen LogP contribution in [0.15, 0.2) is 90.0 Å². The van der Waals surface area contributed by atoms with Crippen molar-refractivity contribution >= 4 is 23.0 Å². The average Bonchev–Trinajstić information content (AvgIpc) is 3.09. The number of anilines is 1. The Morgan fingerprint density at radius 1 is 0.833 bits per heavy atom. The van der Waals surface area contributed by atoms with Gasteiger partial charge in [-0.2, -0.15) is 5.10 Å². The minimum absolute atomic E-state index is 0.154. The molecule has 3 aromatic rings. The van der Waals surface area contributed by atoms with Crippen LogP contribution in [0.1, 0.15) is 23.6 Å². The molecule has 0 fully saturated rings. The second kappa shape index (κ2) is 6.50. The van der Waals surface area contributed by atoms with Crippen LogP contribution in [0.4, 0.5) is 5.69 Å². The zero-order chi connectivity index (χ0) is 16.4. The lowest BCUT2D eigenvalue weighted by Gasteiger charge is -2.24. The zero-order valence-corrected chi connectivity index (χ0v) is 13.9. The summed E-state index contributed by atoms with van der Waals surface area (Å²) >= 11 is 6.21. The molecule has 0 saturated heterocycles. The highest BCUT2D eigenvalue weighted by Crippen LogP contribution is 2.37. The second-order valence-corrected chi connectivity index (χ2v) is 6.30. The van der Waals surface area contributed by atoms with E-state index >= 15 is 0 Å². The molecule has 1 aliphatic rings. The third kappa shape index (κ3) is 2.93. The monoisotopic (exact) mass is 332 g/mol. The van der Waals surface area contributed by atoms with E-state index in [1.807, 2.05) is 42.5 Å². The van der Waals surface area contributed by atoms with Crippen molar-refractivity contribution in [1.29, 1.82) is 0 Å². The molecule has 118 valence electrons. The molecule has 0 radical (unpaired) electrons. The summed E-state index contributed by atoms with van der Waals surface area (Å²) in [6.07, 6.45) is 0.860. The summed E-state index contributed by atoms with van der Waals surface area (Å²) in [6.45, 7) is 0. The molecule has 0 spiro atoms. The van der Waals surface area contributed by atoms with Crippen LogP contribution >= 0.6 is 11.6 Å². The van der Waals surface area contributed by atoms with Gasteiger partial charge in [0.15, 0.2) is 0 Å². The van der Waals surface area contributed by atoms with Crippen LogP contribution in [0.2, 0.25) is 5.02 Å². The summed E-state index contributed by atoms with van der Waals surface area (Å²) < 4.78 is 0. The van der Waals surface area contributed by atoms with Gasteiger partial charge in [0.25, 0.3) is 0 Å². The Morgan fingerprint density at radius 3 is 2.25 bits per heavy atom. The maximum atomic E-state index is 6.21. The van der Waals surface area contributed by atoms with Crippen LogP contribution in [0.3, 0.4) is 0 Å². The van der Waals surface area contributed by atoms with Crippen molar-refractivity contribution in [2.24, 2.45) is 5.10 Å². The molecule has 4 rings (SSSR count). The van der Waals surface area contributed by atoms with Gasteiger partial charge in [0.05, 0.1) is 17.4 Å². The van der Waals surface area contributed by atoms with Crippen LogP contribution in [-0.4, -0.2) is 5.71 Å². The summed E-state index contributed by atoms with van der Waals surface area (Å²) in [7, 11) is 0. The molecule has 0 aliphatic carbocycles. The Morgan fingerprint density at radius 2 is 1.54 bits per heavy atom. The number of halogens is 1. The predicted octanol–water partition coefficient (Wildman–Crippen LogP) is 5.70. The van der Waals surface area contributed by atoms with E-state index in [9.17, 15) is 0 Å². The highest BCUT2D eigenvalue weighted by molar-refractivity contribution is 6.30. The average molecular weight is 333 g/mol. The summed E-state index contributed by atoms with van der Waals surface area (Å²) in [6, 6.07) is 28.9. The molecule has 1 heterocycles. The van der Waals surface area contributed by atoms with E-state index in [4.69, 9.17) is 16.7 Å². The van der Waals surface area contributed by atoms with Crippen molar-refractivity contribution in [1.82, 2.24) is 0 Å². The molecule has 24 heavy (non-hydrogen) atoms.